The second-order valence-electron chi connectivity index (χ2n) is 5.80. The van der Waals surface area contributed by atoms with Crippen molar-refractivity contribution in [3.63, 3.8) is 0 Å². The third-order valence-corrected chi connectivity index (χ3v) is 4.13. The monoisotopic (exact) mass is 232 g/mol. The minimum Gasteiger partial charge on any atom is -0.279 e. The van der Waals surface area contributed by atoms with Gasteiger partial charge in [0.05, 0.1) is 16.6 Å². The Bertz CT molecular complexity index is 463. The van der Waals surface area contributed by atoms with E-state index in [1.807, 2.05) is 31.0 Å². The number of hydrazine groups is 1. The SMILES string of the molecule is Cc1cccc(N2NC(=O)C(C)(C)C2(C)C)c1. The van der Waals surface area contributed by atoms with Crippen molar-refractivity contribution < 1.29 is 4.79 Å². The van der Waals surface area contributed by atoms with E-state index in [1.54, 1.807) is 0 Å². The number of anilines is 1. The molecule has 1 aromatic carbocycles. The van der Waals surface area contributed by atoms with E-state index in [0.29, 0.717) is 0 Å². The summed E-state index contributed by atoms with van der Waals surface area (Å²) >= 11 is 0. The number of carbonyl (C=O) groups is 1. The molecule has 0 saturated carbocycles. The zero-order valence-corrected chi connectivity index (χ0v) is 11.2. The van der Waals surface area contributed by atoms with Gasteiger partial charge in [-0.05, 0) is 52.3 Å². The molecule has 1 aromatic rings. The maximum absolute atomic E-state index is 12.0. The van der Waals surface area contributed by atoms with Gasteiger partial charge in [-0.3, -0.25) is 15.2 Å². The number of carbonyl (C=O) groups excluding carboxylic acids is 1. The first-order valence-corrected chi connectivity index (χ1v) is 5.95. The molecule has 0 aromatic heterocycles. The highest BCUT2D eigenvalue weighted by Crippen LogP contribution is 2.42. The van der Waals surface area contributed by atoms with Crippen LogP contribution in [0.4, 0.5) is 5.69 Å². The third-order valence-electron chi connectivity index (χ3n) is 4.13. The van der Waals surface area contributed by atoms with Crippen LogP contribution in [0.25, 0.3) is 0 Å². The molecule has 1 saturated heterocycles. The largest absolute Gasteiger partial charge is 0.279 e. The van der Waals surface area contributed by atoms with Crippen molar-refractivity contribution in [2.45, 2.75) is 40.2 Å². The summed E-state index contributed by atoms with van der Waals surface area (Å²) < 4.78 is 0. The van der Waals surface area contributed by atoms with Crippen molar-refractivity contribution in [1.82, 2.24) is 5.43 Å². The predicted octanol–water partition coefficient (Wildman–Crippen LogP) is 2.65. The zero-order valence-electron chi connectivity index (χ0n) is 11.2. The molecule has 0 spiro atoms. The summed E-state index contributed by atoms with van der Waals surface area (Å²) in [6.07, 6.45) is 0. The Labute approximate surface area is 103 Å². The molecule has 1 aliphatic rings. The lowest BCUT2D eigenvalue weighted by Crippen LogP contribution is -2.49. The van der Waals surface area contributed by atoms with Crippen LogP contribution in [0.3, 0.4) is 0 Å². The molecule has 1 amide bonds. The number of nitrogens with one attached hydrogen (secondary N) is 1. The van der Waals surface area contributed by atoms with Crippen LogP contribution >= 0.6 is 0 Å². The fraction of sp³-hybridized carbons (Fsp3) is 0.500. The quantitative estimate of drug-likeness (QED) is 0.807. The van der Waals surface area contributed by atoms with E-state index in [4.69, 9.17) is 0 Å². The van der Waals surface area contributed by atoms with Gasteiger partial charge >= 0.3 is 0 Å². The normalized spacial score (nSPS) is 21.5. The highest BCUT2D eigenvalue weighted by atomic mass is 16.2. The Kier molecular flexibility index (Phi) is 2.45. The summed E-state index contributed by atoms with van der Waals surface area (Å²) in [6, 6.07) is 8.18. The Morgan fingerprint density at radius 3 is 2.29 bits per heavy atom. The van der Waals surface area contributed by atoms with Gasteiger partial charge in [0.25, 0.3) is 0 Å². The fourth-order valence-electron chi connectivity index (χ4n) is 2.09. The van der Waals surface area contributed by atoms with Gasteiger partial charge in [-0.2, -0.15) is 0 Å². The summed E-state index contributed by atoms with van der Waals surface area (Å²) in [5, 5.41) is 1.97. The van der Waals surface area contributed by atoms with Crippen molar-refractivity contribution >= 4 is 11.6 Å². The van der Waals surface area contributed by atoms with Gasteiger partial charge < -0.3 is 0 Å². The van der Waals surface area contributed by atoms with Crippen LogP contribution in [0.15, 0.2) is 24.3 Å². The lowest BCUT2D eigenvalue weighted by atomic mass is 9.75. The number of rotatable bonds is 1. The van der Waals surface area contributed by atoms with Crippen LogP contribution in [0.1, 0.15) is 33.3 Å². The lowest BCUT2D eigenvalue weighted by molar-refractivity contribution is -0.127. The minimum absolute atomic E-state index is 0.0732. The van der Waals surface area contributed by atoms with Gasteiger partial charge in [-0.1, -0.05) is 12.1 Å². The van der Waals surface area contributed by atoms with Crippen LogP contribution < -0.4 is 10.4 Å². The molecule has 3 nitrogen and oxygen atoms in total. The molecule has 0 bridgehead atoms. The van der Waals surface area contributed by atoms with E-state index in [-0.39, 0.29) is 11.4 Å². The first-order chi connectivity index (χ1) is 7.76. The second-order valence-corrected chi connectivity index (χ2v) is 5.80. The summed E-state index contributed by atoms with van der Waals surface area (Å²) in [5.74, 6) is 0.0732. The van der Waals surface area contributed by atoms with Gasteiger partial charge in [-0.25, -0.2) is 0 Å². The first-order valence-electron chi connectivity index (χ1n) is 5.95. The van der Waals surface area contributed by atoms with E-state index in [2.05, 4.69) is 38.3 Å². The first kappa shape index (κ1) is 12.0. The Morgan fingerprint density at radius 1 is 1.18 bits per heavy atom. The van der Waals surface area contributed by atoms with Crippen LogP contribution in [0.2, 0.25) is 0 Å². The Hall–Kier alpha value is -1.51. The number of benzene rings is 1. The van der Waals surface area contributed by atoms with E-state index >= 15 is 0 Å². The minimum atomic E-state index is -0.406. The number of nitrogens with zero attached hydrogens (tertiary/aromatic N) is 1. The maximum Gasteiger partial charge on any atom is 0.246 e. The molecule has 1 fully saturated rings. The molecule has 0 unspecified atom stereocenters. The van der Waals surface area contributed by atoms with Crippen LogP contribution in [0, 0.1) is 12.3 Å². The van der Waals surface area contributed by atoms with E-state index in [1.165, 1.54) is 5.56 Å². The lowest BCUT2D eigenvalue weighted by Gasteiger charge is -2.38. The van der Waals surface area contributed by atoms with Gasteiger partial charge in [-0.15, -0.1) is 0 Å². The smallest absolute Gasteiger partial charge is 0.246 e. The van der Waals surface area contributed by atoms with Crippen molar-refractivity contribution in [2.24, 2.45) is 5.41 Å². The molecule has 17 heavy (non-hydrogen) atoms. The van der Waals surface area contributed by atoms with Crippen molar-refractivity contribution in [3.8, 4) is 0 Å². The van der Waals surface area contributed by atoms with Crippen LogP contribution in [-0.2, 0) is 4.79 Å². The molecule has 0 atom stereocenters. The molecular weight excluding hydrogens is 212 g/mol. The standard InChI is InChI=1S/C14H20N2O/c1-10-7-6-8-11(9-10)16-14(4,5)13(2,3)12(17)15-16/h6-9H,1-5H3,(H,15,17). The number of hydrogen-bond donors (Lipinski definition) is 1. The van der Waals surface area contributed by atoms with E-state index in [0.717, 1.165) is 5.69 Å². The number of amides is 1. The second kappa shape index (κ2) is 3.49. The predicted molar refractivity (Wildman–Crippen MR) is 69.7 cm³/mol. The number of aryl methyl sites for hydroxylation is 1. The maximum atomic E-state index is 12.0. The molecule has 2 rings (SSSR count). The molecule has 1 heterocycles. The van der Waals surface area contributed by atoms with Crippen molar-refractivity contribution in [3.05, 3.63) is 29.8 Å². The van der Waals surface area contributed by atoms with Gasteiger partial charge in [0.15, 0.2) is 0 Å². The highest BCUT2D eigenvalue weighted by Gasteiger charge is 2.54. The van der Waals surface area contributed by atoms with E-state index in [9.17, 15) is 4.79 Å². The van der Waals surface area contributed by atoms with E-state index < -0.39 is 5.41 Å². The summed E-state index contributed by atoms with van der Waals surface area (Å²) in [4.78, 5) is 12.0. The highest BCUT2D eigenvalue weighted by molar-refractivity contribution is 5.89. The van der Waals surface area contributed by atoms with Crippen molar-refractivity contribution in [1.29, 1.82) is 0 Å². The average Bonchev–Trinajstić information content (AvgIpc) is 2.39. The molecule has 1 N–H and O–H groups in total. The Morgan fingerprint density at radius 2 is 1.82 bits per heavy atom. The summed E-state index contributed by atoms with van der Waals surface area (Å²) in [6.45, 7) is 10.2. The third kappa shape index (κ3) is 1.61. The van der Waals surface area contributed by atoms with Gasteiger partial charge in [0, 0.05) is 0 Å². The fourth-order valence-corrected chi connectivity index (χ4v) is 2.09. The zero-order chi connectivity index (χ0) is 12.8. The van der Waals surface area contributed by atoms with Gasteiger partial charge in [0.2, 0.25) is 5.91 Å². The molecule has 3 heteroatoms. The molecule has 0 aliphatic carbocycles. The summed E-state index contributed by atoms with van der Waals surface area (Å²) in [7, 11) is 0. The summed E-state index contributed by atoms with van der Waals surface area (Å²) in [5.41, 5.74) is 4.54. The van der Waals surface area contributed by atoms with Gasteiger partial charge in [0.1, 0.15) is 0 Å². The Balaban J connectivity index is 2.45. The topological polar surface area (TPSA) is 32.3 Å². The van der Waals surface area contributed by atoms with Crippen molar-refractivity contribution in [2.75, 3.05) is 5.01 Å². The van der Waals surface area contributed by atoms with Crippen LogP contribution in [-0.4, -0.2) is 11.4 Å². The molecule has 0 radical (unpaired) electrons. The molecule has 92 valence electrons. The van der Waals surface area contributed by atoms with Crippen LogP contribution in [0.5, 0.6) is 0 Å². The number of hydrogen-bond acceptors (Lipinski definition) is 2. The molecular formula is C14H20N2O. The molecule has 1 aliphatic heterocycles. The average molecular weight is 232 g/mol.